The number of halogens is 3. The highest BCUT2D eigenvalue weighted by atomic mass is 19.4. The predicted molar refractivity (Wildman–Crippen MR) is 96.4 cm³/mol. The molecule has 0 aliphatic carbocycles. The van der Waals surface area contributed by atoms with E-state index in [1.54, 1.807) is 48.5 Å². The van der Waals surface area contributed by atoms with E-state index in [9.17, 15) is 18.0 Å². The topological polar surface area (TPSA) is 55.8 Å². The molecule has 7 heteroatoms. The van der Waals surface area contributed by atoms with Gasteiger partial charge in [0.05, 0.1) is 6.42 Å². The van der Waals surface area contributed by atoms with Crippen LogP contribution in [0.4, 0.5) is 13.2 Å². The molecule has 0 aliphatic heterocycles. The second-order valence-electron chi connectivity index (χ2n) is 5.92. The number of benzene rings is 3. The van der Waals surface area contributed by atoms with Gasteiger partial charge in [-0.25, -0.2) is 0 Å². The van der Waals surface area contributed by atoms with Crippen LogP contribution in [-0.4, -0.2) is 17.4 Å². The Morgan fingerprint density at radius 3 is 2.11 bits per heavy atom. The number of alkyl halides is 3. The predicted octanol–water partition coefficient (Wildman–Crippen LogP) is 5.67. The first-order chi connectivity index (χ1) is 13.3. The van der Waals surface area contributed by atoms with E-state index in [0.717, 1.165) is 5.56 Å². The summed E-state index contributed by atoms with van der Waals surface area (Å²) in [7, 11) is 0. The molecule has 0 saturated carbocycles. The minimum absolute atomic E-state index is 0.108. The Hall–Kier alpha value is -3.48. The summed E-state index contributed by atoms with van der Waals surface area (Å²) in [6.45, 7) is 0. The molecule has 0 amide bonds. The molecule has 3 rings (SSSR count). The molecule has 144 valence electrons. The van der Waals surface area contributed by atoms with Gasteiger partial charge in [-0.2, -0.15) is 0 Å². The molecule has 0 aromatic heterocycles. The zero-order valence-corrected chi connectivity index (χ0v) is 14.4. The van der Waals surface area contributed by atoms with Crippen LogP contribution < -0.4 is 9.47 Å². The number of carboxylic acids is 1. The van der Waals surface area contributed by atoms with Crippen molar-refractivity contribution in [1.29, 1.82) is 0 Å². The number of rotatable bonds is 6. The monoisotopic (exact) mass is 388 g/mol. The Bertz CT molecular complexity index is 966. The third kappa shape index (κ3) is 5.51. The first-order valence-corrected chi connectivity index (χ1v) is 8.23. The lowest BCUT2D eigenvalue weighted by Gasteiger charge is -2.11. The van der Waals surface area contributed by atoms with Gasteiger partial charge in [-0.1, -0.05) is 36.4 Å². The van der Waals surface area contributed by atoms with E-state index in [0.29, 0.717) is 22.6 Å². The van der Waals surface area contributed by atoms with Gasteiger partial charge in [0.2, 0.25) is 0 Å². The summed E-state index contributed by atoms with van der Waals surface area (Å²) in [4.78, 5) is 10.8. The van der Waals surface area contributed by atoms with Gasteiger partial charge < -0.3 is 14.6 Å². The molecule has 28 heavy (non-hydrogen) atoms. The molecule has 0 atom stereocenters. The fourth-order valence-electron chi connectivity index (χ4n) is 2.62. The van der Waals surface area contributed by atoms with E-state index < -0.39 is 12.3 Å². The smallest absolute Gasteiger partial charge is 0.481 e. The third-order valence-corrected chi connectivity index (χ3v) is 3.74. The second-order valence-corrected chi connectivity index (χ2v) is 5.92. The highest BCUT2D eigenvalue weighted by molar-refractivity contribution is 5.70. The average Bonchev–Trinajstić information content (AvgIpc) is 2.61. The molecule has 3 aromatic rings. The number of aliphatic carboxylic acids is 1. The lowest BCUT2D eigenvalue weighted by molar-refractivity contribution is -0.274. The summed E-state index contributed by atoms with van der Waals surface area (Å²) in [6, 6.07) is 19.3. The first-order valence-electron chi connectivity index (χ1n) is 8.23. The molecule has 0 saturated heterocycles. The Morgan fingerprint density at radius 1 is 0.821 bits per heavy atom. The summed E-state index contributed by atoms with van der Waals surface area (Å²) in [5, 5.41) is 8.88. The van der Waals surface area contributed by atoms with Crippen molar-refractivity contribution in [2.75, 3.05) is 0 Å². The molecule has 1 N–H and O–H groups in total. The largest absolute Gasteiger partial charge is 0.573 e. The van der Waals surface area contributed by atoms with E-state index in [2.05, 4.69) is 4.74 Å². The zero-order valence-electron chi connectivity index (χ0n) is 14.4. The van der Waals surface area contributed by atoms with Crippen LogP contribution in [0.1, 0.15) is 5.56 Å². The van der Waals surface area contributed by atoms with E-state index >= 15 is 0 Å². The number of carbonyl (C=O) groups is 1. The average molecular weight is 388 g/mol. The van der Waals surface area contributed by atoms with Gasteiger partial charge in [-0.15, -0.1) is 13.2 Å². The quantitative estimate of drug-likeness (QED) is 0.591. The van der Waals surface area contributed by atoms with Crippen LogP contribution in [0.15, 0.2) is 72.8 Å². The van der Waals surface area contributed by atoms with E-state index in [4.69, 9.17) is 9.84 Å². The van der Waals surface area contributed by atoms with Crippen LogP contribution in [0.25, 0.3) is 11.1 Å². The van der Waals surface area contributed by atoms with Crippen molar-refractivity contribution in [2.45, 2.75) is 12.8 Å². The number of hydrogen-bond donors (Lipinski definition) is 1. The highest BCUT2D eigenvalue weighted by Crippen LogP contribution is 2.30. The van der Waals surface area contributed by atoms with Crippen LogP contribution in [-0.2, 0) is 11.2 Å². The molecule has 0 radical (unpaired) electrons. The van der Waals surface area contributed by atoms with Crippen LogP contribution in [0.3, 0.4) is 0 Å². The maximum atomic E-state index is 12.3. The maximum absolute atomic E-state index is 12.3. The Kier molecular flexibility index (Phi) is 5.54. The number of carboxylic acid groups (broad SMARTS) is 1. The minimum Gasteiger partial charge on any atom is -0.481 e. The normalized spacial score (nSPS) is 11.1. The van der Waals surface area contributed by atoms with Crippen molar-refractivity contribution < 1.29 is 32.5 Å². The van der Waals surface area contributed by atoms with E-state index in [1.807, 2.05) is 0 Å². The van der Waals surface area contributed by atoms with Crippen molar-refractivity contribution in [3.05, 3.63) is 78.4 Å². The summed E-state index contributed by atoms with van der Waals surface area (Å²) >= 11 is 0. The van der Waals surface area contributed by atoms with Crippen molar-refractivity contribution in [3.8, 4) is 28.4 Å². The number of hydrogen-bond acceptors (Lipinski definition) is 3. The number of ether oxygens (including phenoxy) is 2. The van der Waals surface area contributed by atoms with E-state index in [-0.39, 0.29) is 12.2 Å². The van der Waals surface area contributed by atoms with Crippen molar-refractivity contribution in [1.82, 2.24) is 0 Å². The molecule has 3 aromatic carbocycles. The van der Waals surface area contributed by atoms with E-state index in [1.165, 1.54) is 24.3 Å². The van der Waals surface area contributed by atoms with Gasteiger partial charge in [0.1, 0.15) is 17.2 Å². The fourth-order valence-corrected chi connectivity index (χ4v) is 2.62. The summed E-state index contributed by atoms with van der Waals surface area (Å²) in [5.41, 5.74) is 2.05. The molecular weight excluding hydrogens is 373 g/mol. The van der Waals surface area contributed by atoms with Crippen LogP contribution >= 0.6 is 0 Å². The van der Waals surface area contributed by atoms with Gasteiger partial charge in [0.25, 0.3) is 0 Å². The molecule has 0 fully saturated rings. The molecule has 0 unspecified atom stereocenters. The van der Waals surface area contributed by atoms with Crippen molar-refractivity contribution in [3.63, 3.8) is 0 Å². The van der Waals surface area contributed by atoms with Crippen LogP contribution in [0.2, 0.25) is 0 Å². The molecule has 0 spiro atoms. The van der Waals surface area contributed by atoms with Gasteiger partial charge >= 0.3 is 12.3 Å². The summed E-state index contributed by atoms with van der Waals surface area (Å²) in [6.07, 6.45) is -4.84. The van der Waals surface area contributed by atoms with Crippen LogP contribution in [0.5, 0.6) is 17.2 Å². The van der Waals surface area contributed by atoms with Gasteiger partial charge in [-0.05, 0) is 53.1 Å². The lowest BCUT2D eigenvalue weighted by atomic mass is 10.1. The van der Waals surface area contributed by atoms with Crippen molar-refractivity contribution in [2.24, 2.45) is 0 Å². The standard InChI is InChI=1S/C21H15F3O4/c22-21(23,24)28-17-9-7-15(8-10-17)16-4-2-6-19(13-16)27-18-5-1-3-14(11-18)12-20(25)26/h1-11,13H,12H2,(H,25,26). The summed E-state index contributed by atoms with van der Waals surface area (Å²) < 4.78 is 46.4. The Labute approximate surface area is 158 Å². The SMILES string of the molecule is O=C(O)Cc1cccc(Oc2cccc(-c3ccc(OC(F)(F)F)cc3)c2)c1. The molecule has 0 heterocycles. The Balaban J connectivity index is 1.76. The van der Waals surface area contributed by atoms with Gasteiger partial charge in [0, 0.05) is 0 Å². The minimum atomic E-state index is -4.73. The van der Waals surface area contributed by atoms with Crippen molar-refractivity contribution >= 4 is 5.97 Å². The maximum Gasteiger partial charge on any atom is 0.573 e. The molecular formula is C21H15F3O4. The molecule has 4 nitrogen and oxygen atoms in total. The van der Waals surface area contributed by atoms with Crippen LogP contribution in [0, 0.1) is 0 Å². The van der Waals surface area contributed by atoms with Gasteiger partial charge in [0.15, 0.2) is 0 Å². The third-order valence-electron chi connectivity index (χ3n) is 3.74. The highest BCUT2D eigenvalue weighted by Gasteiger charge is 2.30. The lowest BCUT2D eigenvalue weighted by Crippen LogP contribution is -2.16. The second kappa shape index (κ2) is 8.04. The molecule has 0 bridgehead atoms. The first kappa shape index (κ1) is 19.3. The van der Waals surface area contributed by atoms with Gasteiger partial charge in [-0.3, -0.25) is 4.79 Å². The Morgan fingerprint density at radius 2 is 1.46 bits per heavy atom. The summed E-state index contributed by atoms with van der Waals surface area (Å²) in [5.74, 6) is -0.221. The zero-order chi connectivity index (χ0) is 20.1. The molecule has 0 aliphatic rings. The fraction of sp³-hybridized carbons (Fsp3) is 0.0952.